The zero-order valence-corrected chi connectivity index (χ0v) is 6.53. The Labute approximate surface area is 69.8 Å². The van der Waals surface area contributed by atoms with Gasteiger partial charge in [0, 0.05) is 18.8 Å². The third-order valence-corrected chi connectivity index (χ3v) is 1.52. The van der Waals surface area contributed by atoms with Gasteiger partial charge in [0.15, 0.2) is 0 Å². The first kappa shape index (κ1) is 8.50. The van der Waals surface area contributed by atoms with Gasteiger partial charge in [-0.15, -0.1) is 0 Å². The molecular formula is C8H9N3O. The van der Waals surface area contributed by atoms with E-state index in [1.54, 1.807) is 12.3 Å². The van der Waals surface area contributed by atoms with Gasteiger partial charge < -0.3 is 10.3 Å². The molecule has 2 N–H and O–H groups in total. The van der Waals surface area contributed by atoms with E-state index in [2.05, 4.69) is 0 Å². The number of nitrogens with two attached hydrogens (primary N) is 1. The summed E-state index contributed by atoms with van der Waals surface area (Å²) >= 11 is 0. The Bertz CT molecular complexity index is 361. The first-order chi connectivity index (χ1) is 5.77. The van der Waals surface area contributed by atoms with Gasteiger partial charge in [0.1, 0.15) is 6.54 Å². The Hall–Kier alpha value is -1.60. The molecule has 62 valence electrons. The molecule has 12 heavy (non-hydrogen) atoms. The summed E-state index contributed by atoms with van der Waals surface area (Å²) in [7, 11) is 0. The van der Waals surface area contributed by atoms with Crippen molar-refractivity contribution in [1.29, 1.82) is 5.26 Å². The molecule has 0 saturated heterocycles. The second kappa shape index (κ2) is 3.69. The Morgan fingerprint density at radius 3 is 2.92 bits per heavy atom. The topological polar surface area (TPSA) is 71.8 Å². The van der Waals surface area contributed by atoms with Crippen LogP contribution in [0.3, 0.4) is 0 Å². The van der Waals surface area contributed by atoms with Crippen molar-refractivity contribution < 1.29 is 0 Å². The molecule has 0 aliphatic heterocycles. The number of pyridine rings is 1. The lowest BCUT2D eigenvalue weighted by atomic mass is 10.3. The lowest BCUT2D eigenvalue weighted by molar-refractivity contribution is 0.774. The molecule has 1 aromatic rings. The van der Waals surface area contributed by atoms with Crippen molar-refractivity contribution in [3.8, 4) is 6.07 Å². The molecular weight excluding hydrogens is 154 g/mol. The summed E-state index contributed by atoms with van der Waals surface area (Å²) in [6, 6.07) is 4.98. The molecule has 4 nitrogen and oxygen atoms in total. The zero-order chi connectivity index (χ0) is 8.97. The van der Waals surface area contributed by atoms with Gasteiger partial charge in [-0.2, -0.15) is 5.26 Å². The molecule has 0 radical (unpaired) electrons. The fraction of sp³-hybridized carbons (Fsp3) is 0.250. The van der Waals surface area contributed by atoms with Gasteiger partial charge in [-0.05, 0) is 5.56 Å². The smallest absolute Gasteiger partial charge is 0.251 e. The summed E-state index contributed by atoms with van der Waals surface area (Å²) in [6.07, 6.45) is 1.60. The number of nitriles is 1. The van der Waals surface area contributed by atoms with Crippen LogP contribution < -0.4 is 11.3 Å². The maximum absolute atomic E-state index is 11.0. The van der Waals surface area contributed by atoms with Crippen molar-refractivity contribution in [2.45, 2.75) is 13.1 Å². The highest BCUT2D eigenvalue weighted by Crippen LogP contribution is 1.92. The number of nitrogens with zero attached hydrogens (tertiary/aromatic N) is 2. The summed E-state index contributed by atoms with van der Waals surface area (Å²) in [4.78, 5) is 11.0. The molecule has 0 fully saturated rings. The summed E-state index contributed by atoms with van der Waals surface area (Å²) in [5, 5.41) is 8.37. The van der Waals surface area contributed by atoms with Crippen LogP contribution in [0.1, 0.15) is 5.56 Å². The molecule has 0 spiro atoms. The van der Waals surface area contributed by atoms with E-state index in [4.69, 9.17) is 11.0 Å². The van der Waals surface area contributed by atoms with Gasteiger partial charge in [0.05, 0.1) is 6.07 Å². The average Bonchev–Trinajstić information content (AvgIpc) is 2.09. The van der Waals surface area contributed by atoms with Gasteiger partial charge in [-0.3, -0.25) is 4.79 Å². The van der Waals surface area contributed by atoms with Crippen LogP contribution in [-0.4, -0.2) is 4.57 Å². The molecule has 0 bridgehead atoms. The van der Waals surface area contributed by atoms with E-state index in [9.17, 15) is 4.79 Å². The third-order valence-electron chi connectivity index (χ3n) is 1.52. The predicted octanol–water partition coefficient (Wildman–Crippen LogP) is -0.169. The molecule has 0 aliphatic rings. The van der Waals surface area contributed by atoms with Crippen molar-refractivity contribution in [3.05, 3.63) is 34.2 Å². The van der Waals surface area contributed by atoms with E-state index in [1.165, 1.54) is 10.6 Å². The van der Waals surface area contributed by atoms with Crippen LogP contribution in [0.15, 0.2) is 23.1 Å². The maximum Gasteiger partial charge on any atom is 0.251 e. The van der Waals surface area contributed by atoms with E-state index >= 15 is 0 Å². The lowest BCUT2D eigenvalue weighted by Gasteiger charge is -2.01. The highest BCUT2D eigenvalue weighted by Gasteiger charge is 1.95. The molecule has 0 amide bonds. The SMILES string of the molecule is N#CCn1cc(CN)ccc1=O. The average molecular weight is 163 g/mol. The van der Waals surface area contributed by atoms with Crippen molar-refractivity contribution in [1.82, 2.24) is 4.57 Å². The van der Waals surface area contributed by atoms with E-state index in [1.807, 2.05) is 6.07 Å². The van der Waals surface area contributed by atoms with Gasteiger partial charge >= 0.3 is 0 Å². The summed E-state index contributed by atoms with van der Waals surface area (Å²) in [6.45, 7) is 0.457. The van der Waals surface area contributed by atoms with Crippen molar-refractivity contribution in [2.75, 3.05) is 0 Å². The Morgan fingerprint density at radius 1 is 1.58 bits per heavy atom. The zero-order valence-electron chi connectivity index (χ0n) is 6.53. The van der Waals surface area contributed by atoms with Crippen LogP contribution in [0.25, 0.3) is 0 Å². The van der Waals surface area contributed by atoms with Gasteiger partial charge in [-0.1, -0.05) is 6.07 Å². The standard InChI is InChI=1S/C8H9N3O/c9-3-4-11-6-7(5-10)1-2-8(11)12/h1-2,6H,4-5,10H2. The number of rotatable bonds is 2. The van der Waals surface area contributed by atoms with Crippen LogP contribution >= 0.6 is 0 Å². The monoisotopic (exact) mass is 163 g/mol. The van der Waals surface area contributed by atoms with Crippen LogP contribution in [0.5, 0.6) is 0 Å². The highest BCUT2D eigenvalue weighted by atomic mass is 16.1. The minimum Gasteiger partial charge on any atom is -0.326 e. The minimum absolute atomic E-state index is 0.0761. The molecule has 0 aliphatic carbocycles. The third kappa shape index (κ3) is 1.71. The molecule has 4 heteroatoms. The fourth-order valence-electron chi connectivity index (χ4n) is 0.901. The molecule has 0 aromatic carbocycles. The quantitative estimate of drug-likeness (QED) is 0.658. The van der Waals surface area contributed by atoms with Gasteiger partial charge in [0.2, 0.25) is 0 Å². The molecule has 1 rings (SSSR count). The van der Waals surface area contributed by atoms with Crippen LogP contribution in [0.4, 0.5) is 0 Å². The maximum atomic E-state index is 11.0. The summed E-state index contributed by atoms with van der Waals surface area (Å²) in [5.41, 5.74) is 6.05. The first-order valence-corrected chi connectivity index (χ1v) is 3.54. The van der Waals surface area contributed by atoms with Crippen molar-refractivity contribution in [2.24, 2.45) is 5.73 Å². The fourth-order valence-corrected chi connectivity index (χ4v) is 0.901. The lowest BCUT2D eigenvalue weighted by Crippen LogP contribution is -2.19. The van der Waals surface area contributed by atoms with Gasteiger partial charge in [-0.25, -0.2) is 0 Å². The second-order valence-corrected chi connectivity index (χ2v) is 2.37. The largest absolute Gasteiger partial charge is 0.326 e. The Morgan fingerprint density at radius 2 is 2.33 bits per heavy atom. The van der Waals surface area contributed by atoms with E-state index in [0.717, 1.165) is 5.56 Å². The molecule has 0 atom stereocenters. The predicted molar refractivity (Wildman–Crippen MR) is 44.2 cm³/mol. The van der Waals surface area contributed by atoms with Gasteiger partial charge in [0.25, 0.3) is 5.56 Å². The molecule has 0 saturated carbocycles. The number of hydrogen-bond donors (Lipinski definition) is 1. The summed E-state index contributed by atoms with van der Waals surface area (Å²) < 4.78 is 1.34. The Kier molecular flexibility index (Phi) is 2.62. The van der Waals surface area contributed by atoms with Crippen molar-refractivity contribution >= 4 is 0 Å². The first-order valence-electron chi connectivity index (χ1n) is 3.54. The van der Waals surface area contributed by atoms with Crippen LogP contribution in [-0.2, 0) is 13.1 Å². The normalized spacial score (nSPS) is 9.33. The Balaban J connectivity index is 3.10. The van der Waals surface area contributed by atoms with Crippen LogP contribution in [0, 0.1) is 11.3 Å². The highest BCUT2D eigenvalue weighted by molar-refractivity contribution is 5.09. The molecule has 1 aromatic heterocycles. The van der Waals surface area contributed by atoms with Crippen LogP contribution in [0.2, 0.25) is 0 Å². The number of aromatic nitrogens is 1. The van der Waals surface area contributed by atoms with Crippen molar-refractivity contribution in [3.63, 3.8) is 0 Å². The molecule has 0 unspecified atom stereocenters. The van der Waals surface area contributed by atoms with E-state index in [0.29, 0.717) is 6.54 Å². The van der Waals surface area contributed by atoms with E-state index < -0.39 is 0 Å². The molecule has 1 heterocycles. The minimum atomic E-state index is -0.172. The second-order valence-electron chi connectivity index (χ2n) is 2.37. The number of hydrogen-bond acceptors (Lipinski definition) is 3. The summed E-state index contributed by atoms with van der Waals surface area (Å²) in [5.74, 6) is 0. The van der Waals surface area contributed by atoms with E-state index in [-0.39, 0.29) is 12.1 Å².